The second-order valence-corrected chi connectivity index (χ2v) is 4.68. The molecule has 2 rings (SSSR count). The highest BCUT2D eigenvalue weighted by atomic mass is 16.6. The molecule has 0 radical (unpaired) electrons. The van der Waals surface area contributed by atoms with Crippen molar-refractivity contribution >= 4 is 5.69 Å². The van der Waals surface area contributed by atoms with E-state index in [4.69, 9.17) is 0 Å². The standard InChI is InChI=1S/C12H20N4O2/c1-3-10-12(16(17)18)11(4-2)15(14-10)8-9-6-5-7-13-9/h9,13H,3-8H2,1-2H3. The molecule has 1 N–H and O–H groups in total. The molecule has 100 valence electrons. The van der Waals surface area contributed by atoms with E-state index in [1.807, 2.05) is 18.5 Å². The summed E-state index contributed by atoms with van der Waals surface area (Å²) in [5.74, 6) is 0. The van der Waals surface area contributed by atoms with Crippen LogP contribution in [0.2, 0.25) is 0 Å². The number of aromatic nitrogens is 2. The van der Waals surface area contributed by atoms with Crippen molar-refractivity contribution in [1.82, 2.24) is 15.1 Å². The van der Waals surface area contributed by atoms with E-state index in [0.29, 0.717) is 24.6 Å². The molecule has 1 aromatic rings. The Morgan fingerprint density at radius 3 is 2.78 bits per heavy atom. The molecule has 0 aliphatic carbocycles. The second-order valence-electron chi connectivity index (χ2n) is 4.68. The van der Waals surface area contributed by atoms with E-state index in [2.05, 4.69) is 10.4 Å². The summed E-state index contributed by atoms with van der Waals surface area (Å²) in [5.41, 5.74) is 1.58. The van der Waals surface area contributed by atoms with Crippen molar-refractivity contribution in [2.24, 2.45) is 0 Å². The third-order valence-corrected chi connectivity index (χ3v) is 3.51. The molecule has 1 saturated heterocycles. The van der Waals surface area contributed by atoms with E-state index in [-0.39, 0.29) is 10.6 Å². The molecule has 2 heterocycles. The number of nitrogens with one attached hydrogen (secondary N) is 1. The first-order chi connectivity index (χ1) is 8.67. The molecule has 1 aliphatic rings. The highest BCUT2D eigenvalue weighted by molar-refractivity contribution is 5.41. The zero-order valence-corrected chi connectivity index (χ0v) is 11.0. The molecule has 0 aromatic carbocycles. The Morgan fingerprint density at radius 2 is 2.28 bits per heavy atom. The summed E-state index contributed by atoms with van der Waals surface area (Å²) >= 11 is 0. The predicted octanol–water partition coefficient (Wildman–Crippen LogP) is 1.67. The average molecular weight is 252 g/mol. The van der Waals surface area contributed by atoms with Gasteiger partial charge in [-0.25, -0.2) is 0 Å². The fourth-order valence-electron chi connectivity index (χ4n) is 2.61. The van der Waals surface area contributed by atoms with Gasteiger partial charge in [0.05, 0.1) is 11.5 Å². The minimum absolute atomic E-state index is 0.220. The van der Waals surface area contributed by atoms with Crippen LogP contribution in [-0.4, -0.2) is 27.3 Å². The number of nitro groups is 1. The Morgan fingerprint density at radius 1 is 1.50 bits per heavy atom. The van der Waals surface area contributed by atoms with Gasteiger partial charge in [-0.2, -0.15) is 5.10 Å². The van der Waals surface area contributed by atoms with Crippen molar-refractivity contribution < 1.29 is 4.92 Å². The van der Waals surface area contributed by atoms with Crippen molar-refractivity contribution in [2.45, 2.75) is 52.1 Å². The number of nitrogens with zero attached hydrogens (tertiary/aromatic N) is 3. The number of hydrogen-bond acceptors (Lipinski definition) is 4. The van der Waals surface area contributed by atoms with E-state index < -0.39 is 0 Å². The number of rotatable bonds is 5. The van der Waals surface area contributed by atoms with E-state index in [1.54, 1.807) is 0 Å². The van der Waals surface area contributed by atoms with Crippen LogP contribution in [0, 0.1) is 10.1 Å². The van der Waals surface area contributed by atoms with Gasteiger partial charge in [-0.05, 0) is 32.2 Å². The van der Waals surface area contributed by atoms with E-state index in [1.165, 1.54) is 6.42 Å². The first-order valence-corrected chi connectivity index (χ1v) is 6.63. The Bertz CT molecular complexity index is 436. The van der Waals surface area contributed by atoms with E-state index in [9.17, 15) is 10.1 Å². The van der Waals surface area contributed by atoms with Gasteiger partial charge in [0, 0.05) is 6.04 Å². The molecule has 0 spiro atoms. The topological polar surface area (TPSA) is 73.0 Å². The van der Waals surface area contributed by atoms with Crippen LogP contribution >= 0.6 is 0 Å². The molecule has 6 heteroatoms. The lowest BCUT2D eigenvalue weighted by atomic mass is 10.2. The van der Waals surface area contributed by atoms with Crippen LogP contribution in [0.15, 0.2) is 0 Å². The number of aryl methyl sites for hydroxylation is 1. The Labute approximate surface area is 107 Å². The van der Waals surface area contributed by atoms with E-state index in [0.717, 1.165) is 25.2 Å². The zero-order valence-electron chi connectivity index (χ0n) is 11.0. The van der Waals surface area contributed by atoms with Gasteiger partial charge in [-0.3, -0.25) is 14.8 Å². The van der Waals surface area contributed by atoms with Crippen LogP contribution < -0.4 is 5.32 Å². The molecule has 0 bridgehead atoms. The summed E-state index contributed by atoms with van der Waals surface area (Å²) in [7, 11) is 0. The Hall–Kier alpha value is -1.43. The maximum Gasteiger partial charge on any atom is 0.313 e. The van der Waals surface area contributed by atoms with Gasteiger partial charge in [0.25, 0.3) is 0 Å². The van der Waals surface area contributed by atoms with Gasteiger partial charge < -0.3 is 5.32 Å². The van der Waals surface area contributed by atoms with Gasteiger partial charge in [-0.15, -0.1) is 0 Å². The normalized spacial score (nSPS) is 19.3. The van der Waals surface area contributed by atoms with Crippen LogP contribution in [0.3, 0.4) is 0 Å². The zero-order chi connectivity index (χ0) is 13.1. The highest BCUT2D eigenvalue weighted by Crippen LogP contribution is 2.25. The lowest BCUT2D eigenvalue weighted by Crippen LogP contribution is -2.28. The summed E-state index contributed by atoms with van der Waals surface area (Å²) < 4.78 is 1.83. The summed E-state index contributed by atoms with van der Waals surface area (Å²) in [6, 6.07) is 0.402. The van der Waals surface area contributed by atoms with Gasteiger partial charge in [0.15, 0.2) is 0 Å². The molecule has 1 aromatic heterocycles. The predicted molar refractivity (Wildman–Crippen MR) is 68.7 cm³/mol. The molecule has 1 unspecified atom stereocenters. The summed E-state index contributed by atoms with van der Waals surface area (Å²) in [6.07, 6.45) is 3.55. The van der Waals surface area contributed by atoms with Crippen molar-refractivity contribution in [3.63, 3.8) is 0 Å². The lowest BCUT2D eigenvalue weighted by molar-refractivity contribution is -0.386. The molecular formula is C12H20N4O2. The lowest BCUT2D eigenvalue weighted by Gasteiger charge is -2.11. The summed E-state index contributed by atoms with van der Waals surface area (Å²) in [6.45, 7) is 5.63. The minimum Gasteiger partial charge on any atom is -0.312 e. The van der Waals surface area contributed by atoms with Crippen molar-refractivity contribution in [3.8, 4) is 0 Å². The Kier molecular flexibility index (Phi) is 3.96. The Balaban J connectivity index is 2.31. The van der Waals surface area contributed by atoms with Crippen LogP contribution in [0.4, 0.5) is 5.69 Å². The van der Waals surface area contributed by atoms with Gasteiger partial charge in [-0.1, -0.05) is 13.8 Å². The molecule has 1 fully saturated rings. The SMILES string of the molecule is CCc1nn(CC2CCCN2)c(CC)c1[N+](=O)[O-]. The molecule has 18 heavy (non-hydrogen) atoms. The smallest absolute Gasteiger partial charge is 0.312 e. The van der Waals surface area contributed by atoms with Crippen LogP contribution in [0.1, 0.15) is 38.1 Å². The van der Waals surface area contributed by atoms with Crippen LogP contribution in [0.5, 0.6) is 0 Å². The largest absolute Gasteiger partial charge is 0.313 e. The third kappa shape index (κ3) is 2.38. The van der Waals surface area contributed by atoms with Gasteiger partial charge >= 0.3 is 5.69 Å². The fraction of sp³-hybridized carbons (Fsp3) is 0.750. The monoisotopic (exact) mass is 252 g/mol. The third-order valence-electron chi connectivity index (χ3n) is 3.51. The van der Waals surface area contributed by atoms with Gasteiger partial charge in [0.1, 0.15) is 11.4 Å². The molecule has 1 atom stereocenters. The van der Waals surface area contributed by atoms with Gasteiger partial charge in [0.2, 0.25) is 0 Å². The van der Waals surface area contributed by atoms with Crippen LogP contribution in [0.25, 0.3) is 0 Å². The highest BCUT2D eigenvalue weighted by Gasteiger charge is 2.27. The quantitative estimate of drug-likeness (QED) is 0.639. The summed E-state index contributed by atoms with van der Waals surface area (Å²) in [5, 5.41) is 19.0. The van der Waals surface area contributed by atoms with E-state index >= 15 is 0 Å². The first-order valence-electron chi connectivity index (χ1n) is 6.63. The fourth-order valence-corrected chi connectivity index (χ4v) is 2.61. The van der Waals surface area contributed by atoms with Crippen LogP contribution in [-0.2, 0) is 19.4 Å². The van der Waals surface area contributed by atoms with Crippen molar-refractivity contribution in [1.29, 1.82) is 0 Å². The first kappa shape index (κ1) is 13.0. The van der Waals surface area contributed by atoms with Crippen molar-refractivity contribution in [2.75, 3.05) is 6.54 Å². The maximum absolute atomic E-state index is 11.1. The molecule has 0 saturated carbocycles. The molecule has 1 aliphatic heterocycles. The molecule has 0 amide bonds. The maximum atomic E-state index is 11.1. The number of hydrogen-bond donors (Lipinski definition) is 1. The average Bonchev–Trinajstić information content (AvgIpc) is 2.96. The summed E-state index contributed by atoms with van der Waals surface area (Å²) in [4.78, 5) is 10.9. The van der Waals surface area contributed by atoms with Crippen molar-refractivity contribution in [3.05, 3.63) is 21.5 Å². The second kappa shape index (κ2) is 5.48. The molecule has 6 nitrogen and oxygen atoms in total. The molecular weight excluding hydrogens is 232 g/mol. The minimum atomic E-state index is -0.288.